The molecule has 21 heavy (non-hydrogen) atoms. The largest absolute Gasteiger partial charge is 0.507 e. The Labute approximate surface area is 135 Å². The van der Waals surface area contributed by atoms with Gasteiger partial charge < -0.3 is 14.4 Å². The van der Waals surface area contributed by atoms with Gasteiger partial charge in [-0.15, -0.1) is 0 Å². The molecule has 112 valence electrons. The van der Waals surface area contributed by atoms with Crippen molar-refractivity contribution in [1.82, 2.24) is 0 Å². The van der Waals surface area contributed by atoms with Crippen LogP contribution in [0, 0.1) is 6.92 Å². The van der Waals surface area contributed by atoms with Crippen molar-refractivity contribution >= 4 is 25.5 Å². The van der Waals surface area contributed by atoms with Crippen LogP contribution in [0.1, 0.15) is 25.0 Å². The zero-order valence-corrected chi connectivity index (χ0v) is 13.9. The first kappa shape index (κ1) is 15.9. The monoisotopic (exact) mass is 322 g/mol. The summed E-state index contributed by atoms with van der Waals surface area (Å²) in [5, 5.41) is 20.5. The van der Waals surface area contributed by atoms with Gasteiger partial charge in [-0.1, -0.05) is 12.1 Å². The lowest BCUT2D eigenvalue weighted by Gasteiger charge is -2.19. The number of aryl methyl sites for hydroxylation is 1. The van der Waals surface area contributed by atoms with E-state index in [2.05, 4.69) is 25.5 Å². The molecule has 2 aromatic rings. The summed E-state index contributed by atoms with van der Waals surface area (Å²) in [4.78, 5) is 0. The molecular weight excluding hydrogens is 304 g/mol. The fourth-order valence-electron chi connectivity index (χ4n) is 2.16. The maximum absolute atomic E-state index is 10.3. The standard InChI is InChI=1S/C16H18O3S2/c1-9-6-12(15(18)14(7-9)19-21)11-5-4-10(8-13(11)17)16(2,3)20/h4-8,17-18,20-21H,1-3H3. The third-order valence-electron chi connectivity index (χ3n) is 3.31. The Bertz CT molecular complexity index is 676. The van der Waals surface area contributed by atoms with Crippen LogP contribution < -0.4 is 4.18 Å². The molecule has 0 heterocycles. The summed E-state index contributed by atoms with van der Waals surface area (Å²) >= 11 is 8.22. The summed E-state index contributed by atoms with van der Waals surface area (Å²) in [5.74, 6) is 0.288. The zero-order valence-electron chi connectivity index (χ0n) is 12.1. The van der Waals surface area contributed by atoms with Crippen molar-refractivity contribution in [3.05, 3.63) is 41.5 Å². The van der Waals surface area contributed by atoms with E-state index >= 15 is 0 Å². The third-order valence-corrected chi connectivity index (χ3v) is 3.77. The highest BCUT2D eigenvalue weighted by molar-refractivity contribution is 7.81. The number of hydrogen-bond donors (Lipinski definition) is 4. The van der Waals surface area contributed by atoms with Gasteiger partial charge >= 0.3 is 0 Å². The summed E-state index contributed by atoms with van der Waals surface area (Å²) in [6.07, 6.45) is 0. The molecule has 2 aromatic carbocycles. The van der Waals surface area contributed by atoms with Crippen molar-refractivity contribution < 1.29 is 14.4 Å². The van der Waals surface area contributed by atoms with E-state index in [1.807, 2.05) is 26.8 Å². The molecule has 0 aliphatic carbocycles. The minimum atomic E-state index is -0.357. The molecule has 0 unspecified atom stereocenters. The minimum Gasteiger partial charge on any atom is -0.507 e. The Balaban J connectivity index is 2.60. The Morgan fingerprint density at radius 2 is 1.71 bits per heavy atom. The fraction of sp³-hybridized carbons (Fsp3) is 0.250. The molecule has 0 spiro atoms. The van der Waals surface area contributed by atoms with E-state index in [9.17, 15) is 10.2 Å². The Kier molecular flexibility index (Phi) is 4.35. The molecule has 0 saturated carbocycles. The number of rotatable bonds is 3. The van der Waals surface area contributed by atoms with Crippen molar-refractivity contribution in [2.75, 3.05) is 0 Å². The Hall–Kier alpha value is -1.46. The lowest BCUT2D eigenvalue weighted by molar-refractivity contribution is 0.451. The summed E-state index contributed by atoms with van der Waals surface area (Å²) in [6, 6.07) is 8.76. The summed E-state index contributed by atoms with van der Waals surface area (Å²) in [6.45, 7) is 5.77. The molecule has 0 saturated heterocycles. The van der Waals surface area contributed by atoms with E-state index in [4.69, 9.17) is 4.18 Å². The molecule has 2 N–H and O–H groups in total. The summed E-state index contributed by atoms with van der Waals surface area (Å²) < 4.78 is 4.50. The number of aromatic hydroxyl groups is 2. The predicted molar refractivity (Wildman–Crippen MR) is 91.6 cm³/mol. The predicted octanol–water partition coefficient (Wildman–Crippen LogP) is 4.46. The smallest absolute Gasteiger partial charge is 0.179 e. The van der Waals surface area contributed by atoms with Gasteiger partial charge in [0.15, 0.2) is 11.5 Å². The van der Waals surface area contributed by atoms with Crippen LogP contribution in [0.25, 0.3) is 11.1 Å². The average Bonchev–Trinajstić information content (AvgIpc) is 2.40. The van der Waals surface area contributed by atoms with Gasteiger partial charge in [0.1, 0.15) is 5.75 Å². The van der Waals surface area contributed by atoms with Crippen LogP contribution in [0.2, 0.25) is 0 Å². The van der Waals surface area contributed by atoms with E-state index < -0.39 is 0 Å². The van der Waals surface area contributed by atoms with E-state index in [1.54, 1.807) is 24.3 Å². The highest BCUT2D eigenvalue weighted by Crippen LogP contribution is 2.43. The minimum absolute atomic E-state index is 0.0521. The van der Waals surface area contributed by atoms with Crippen molar-refractivity contribution in [3.63, 3.8) is 0 Å². The fourth-order valence-corrected chi connectivity index (χ4v) is 2.44. The lowest BCUT2D eigenvalue weighted by atomic mass is 9.95. The zero-order chi connectivity index (χ0) is 15.8. The van der Waals surface area contributed by atoms with E-state index in [-0.39, 0.29) is 22.0 Å². The quantitative estimate of drug-likeness (QED) is 0.498. The molecule has 0 aliphatic heterocycles. The van der Waals surface area contributed by atoms with Crippen LogP contribution >= 0.6 is 25.5 Å². The van der Waals surface area contributed by atoms with Crippen LogP contribution in [0.3, 0.4) is 0 Å². The lowest BCUT2D eigenvalue weighted by Crippen LogP contribution is -2.07. The number of thiol groups is 2. The maximum Gasteiger partial charge on any atom is 0.179 e. The highest BCUT2D eigenvalue weighted by atomic mass is 32.1. The SMILES string of the molecule is Cc1cc(OS)c(O)c(-c2ccc(C(C)(C)S)cc2O)c1. The molecular formula is C16H18O3S2. The van der Waals surface area contributed by atoms with Crippen molar-refractivity contribution in [3.8, 4) is 28.4 Å². The topological polar surface area (TPSA) is 49.7 Å². The molecule has 0 aliphatic rings. The van der Waals surface area contributed by atoms with Crippen molar-refractivity contribution in [1.29, 1.82) is 0 Å². The van der Waals surface area contributed by atoms with Gasteiger partial charge in [0.05, 0.1) is 0 Å². The molecule has 0 bridgehead atoms. The molecule has 3 nitrogen and oxygen atoms in total. The van der Waals surface area contributed by atoms with Crippen LogP contribution in [0.5, 0.6) is 17.2 Å². The molecule has 0 aromatic heterocycles. The highest BCUT2D eigenvalue weighted by Gasteiger charge is 2.19. The number of hydrogen-bond acceptors (Lipinski definition) is 5. The van der Waals surface area contributed by atoms with Crippen LogP contribution in [0.4, 0.5) is 0 Å². The van der Waals surface area contributed by atoms with Gasteiger partial charge in [-0.3, -0.25) is 0 Å². The number of phenols is 2. The van der Waals surface area contributed by atoms with Gasteiger partial charge in [0.2, 0.25) is 0 Å². The molecule has 2 rings (SSSR count). The number of phenolic OH excluding ortho intramolecular Hbond substituents is 2. The molecule has 5 heteroatoms. The van der Waals surface area contributed by atoms with E-state index in [0.29, 0.717) is 11.1 Å². The second-order valence-electron chi connectivity index (χ2n) is 5.54. The first-order valence-electron chi connectivity index (χ1n) is 6.45. The van der Waals surface area contributed by atoms with Gasteiger partial charge in [-0.05, 0) is 50.1 Å². The summed E-state index contributed by atoms with van der Waals surface area (Å²) in [7, 11) is 0. The second-order valence-corrected chi connectivity index (χ2v) is 6.84. The van der Waals surface area contributed by atoms with Gasteiger partial charge in [-0.2, -0.15) is 12.6 Å². The first-order valence-corrected chi connectivity index (χ1v) is 7.26. The first-order chi connectivity index (χ1) is 9.74. The second kappa shape index (κ2) is 5.73. The van der Waals surface area contributed by atoms with Crippen molar-refractivity contribution in [2.24, 2.45) is 0 Å². The van der Waals surface area contributed by atoms with Gasteiger partial charge in [0, 0.05) is 28.8 Å². The molecule has 0 amide bonds. The Morgan fingerprint density at radius 1 is 1.05 bits per heavy atom. The Morgan fingerprint density at radius 3 is 2.24 bits per heavy atom. The third kappa shape index (κ3) is 3.24. The normalized spacial score (nSPS) is 11.5. The van der Waals surface area contributed by atoms with E-state index in [0.717, 1.165) is 11.1 Å². The van der Waals surface area contributed by atoms with Crippen LogP contribution in [0.15, 0.2) is 30.3 Å². The van der Waals surface area contributed by atoms with Crippen LogP contribution in [-0.4, -0.2) is 10.2 Å². The van der Waals surface area contributed by atoms with Crippen molar-refractivity contribution in [2.45, 2.75) is 25.5 Å². The molecule has 0 radical (unpaired) electrons. The average molecular weight is 322 g/mol. The number of benzene rings is 2. The van der Waals surface area contributed by atoms with Gasteiger partial charge in [0.25, 0.3) is 0 Å². The molecule has 0 atom stereocenters. The summed E-state index contributed by atoms with van der Waals surface area (Å²) in [5.41, 5.74) is 2.82. The van der Waals surface area contributed by atoms with E-state index in [1.165, 1.54) is 0 Å². The molecule has 0 fully saturated rings. The van der Waals surface area contributed by atoms with Crippen LogP contribution in [-0.2, 0) is 4.75 Å². The van der Waals surface area contributed by atoms with Gasteiger partial charge in [-0.25, -0.2) is 0 Å². The maximum atomic E-state index is 10.3.